The van der Waals surface area contributed by atoms with Crippen LogP contribution in [0.5, 0.6) is 0 Å². The third-order valence-corrected chi connectivity index (χ3v) is 1.94. The van der Waals surface area contributed by atoms with Crippen LogP contribution in [0.1, 0.15) is 11.7 Å². The Hall–Kier alpha value is -1.85. The molecular weight excluding hydrogens is 238 g/mol. The van der Waals surface area contributed by atoms with Gasteiger partial charge in [-0.25, -0.2) is 4.39 Å². The average Bonchev–Trinajstić information content (AvgIpc) is 2.27. The summed E-state index contributed by atoms with van der Waals surface area (Å²) in [5.74, 6) is -0.495. The molecule has 1 amide bonds. The van der Waals surface area contributed by atoms with Crippen LogP contribution in [0.4, 0.5) is 23.2 Å². The van der Waals surface area contributed by atoms with Crippen LogP contribution in [0.2, 0.25) is 0 Å². The Balaban J connectivity index is 2.81. The fourth-order valence-electron chi connectivity index (χ4n) is 1.12. The fourth-order valence-corrected chi connectivity index (χ4v) is 1.12. The van der Waals surface area contributed by atoms with E-state index < -0.39 is 23.8 Å². The number of carbonyl (C=O) groups is 1. The van der Waals surface area contributed by atoms with Crippen molar-refractivity contribution < 1.29 is 22.4 Å². The molecule has 1 atom stereocenters. The number of hydrogen-bond acceptors (Lipinski definition) is 1. The fraction of sp³-hybridized carbons (Fsp3) is 0.182. The molecule has 17 heavy (non-hydrogen) atoms. The standard InChI is InChI=1S/C11H9F4NO/c1-2-9(17)16-8-5-3-7(4-6-8)10(12)11(13,14)15/h2-6,10H,1H2,(H,16,17). The van der Waals surface area contributed by atoms with Crippen molar-refractivity contribution in [1.29, 1.82) is 0 Å². The minimum atomic E-state index is -4.92. The zero-order valence-corrected chi connectivity index (χ0v) is 8.59. The Bertz CT molecular complexity index is 410. The maximum Gasteiger partial charge on any atom is 0.423 e. The number of rotatable bonds is 3. The van der Waals surface area contributed by atoms with Gasteiger partial charge in [0.25, 0.3) is 0 Å². The average molecular weight is 247 g/mol. The molecule has 0 spiro atoms. The maximum atomic E-state index is 12.9. The normalized spacial score (nSPS) is 12.9. The van der Waals surface area contributed by atoms with Crippen LogP contribution in [-0.4, -0.2) is 12.1 Å². The third-order valence-electron chi connectivity index (χ3n) is 1.94. The van der Waals surface area contributed by atoms with Gasteiger partial charge in [0, 0.05) is 5.69 Å². The quantitative estimate of drug-likeness (QED) is 0.643. The van der Waals surface area contributed by atoms with Crippen molar-refractivity contribution in [3.63, 3.8) is 0 Å². The van der Waals surface area contributed by atoms with Crippen LogP contribution in [-0.2, 0) is 4.79 Å². The second-order valence-electron chi connectivity index (χ2n) is 3.22. The Labute approximate surface area is 94.9 Å². The number of halogens is 4. The first-order valence-electron chi connectivity index (χ1n) is 4.58. The zero-order valence-electron chi connectivity index (χ0n) is 8.59. The SMILES string of the molecule is C=CC(=O)Nc1ccc(C(F)C(F)(F)F)cc1. The molecule has 0 saturated carbocycles. The van der Waals surface area contributed by atoms with E-state index in [0.29, 0.717) is 0 Å². The lowest BCUT2D eigenvalue weighted by atomic mass is 10.1. The smallest absolute Gasteiger partial charge is 0.323 e. The molecule has 1 aromatic carbocycles. The number of hydrogen-bond donors (Lipinski definition) is 1. The first-order valence-corrected chi connectivity index (χ1v) is 4.58. The summed E-state index contributed by atoms with van der Waals surface area (Å²) in [6, 6.07) is 4.32. The second-order valence-corrected chi connectivity index (χ2v) is 3.22. The van der Waals surface area contributed by atoms with E-state index in [1.165, 1.54) is 12.1 Å². The number of benzene rings is 1. The van der Waals surface area contributed by atoms with Gasteiger partial charge in [0.1, 0.15) is 0 Å². The summed E-state index contributed by atoms with van der Waals surface area (Å²) in [7, 11) is 0. The predicted molar refractivity (Wildman–Crippen MR) is 55.2 cm³/mol. The zero-order chi connectivity index (χ0) is 13.1. The van der Waals surface area contributed by atoms with Crippen molar-refractivity contribution in [2.24, 2.45) is 0 Å². The molecule has 0 aliphatic rings. The highest BCUT2D eigenvalue weighted by molar-refractivity contribution is 5.98. The van der Waals surface area contributed by atoms with Crippen molar-refractivity contribution in [3.05, 3.63) is 42.5 Å². The number of amides is 1. The summed E-state index contributed by atoms with van der Waals surface area (Å²) < 4.78 is 49.0. The van der Waals surface area contributed by atoms with Crippen LogP contribution in [0.25, 0.3) is 0 Å². The van der Waals surface area contributed by atoms with Crippen LogP contribution >= 0.6 is 0 Å². The molecular formula is C11H9F4NO. The van der Waals surface area contributed by atoms with Crippen LogP contribution < -0.4 is 5.32 Å². The summed E-state index contributed by atoms with van der Waals surface area (Å²) in [5.41, 5.74) is -0.234. The number of nitrogens with one attached hydrogen (secondary N) is 1. The van der Waals surface area contributed by atoms with Crippen LogP contribution in [0.15, 0.2) is 36.9 Å². The highest BCUT2D eigenvalue weighted by atomic mass is 19.4. The van der Waals surface area contributed by atoms with E-state index in [4.69, 9.17) is 0 Å². The first-order chi connectivity index (χ1) is 7.84. The van der Waals surface area contributed by atoms with Crippen molar-refractivity contribution in [2.45, 2.75) is 12.3 Å². The molecule has 0 bridgehead atoms. The topological polar surface area (TPSA) is 29.1 Å². The van der Waals surface area contributed by atoms with Gasteiger partial charge >= 0.3 is 6.18 Å². The predicted octanol–water partition coefficient (Wildman–Crippen LogP) is 3.38. The van der Waals surface area contributed by atoms with E-state index in [1.807, 2.05) is 0 Å². The van der Waals surface area contributed by atoms with Crippen molar-refractivity contribution in [1.82, 2.24) is 0 Å². The Morgan fingerprint density at radius 2 is 1.82 bits per heavy atom. The molecule has 1 N–H and O–H groups in total. The van der Waals surface area contributed by atoms with E-state index in [1.54, 1.807) is 0 Å². The minimum Gasteiger partial charge on any atom is -0.323 e. The number of carbonyl (C=O) groups excluding carboxylic acids is 1. The Morgan fingerprint density at radius 1 is 1.29 bits per heavy atom. The van der Waals surface area contributed by atoms with Gasteiger partial charge in [0.15, 0.2) is 0 Å². The molecule has 1 aromatic rings. The molecule has 2 nitrogen and oxygen atoms in total. The molecule has 0 heterocycles. The molecule has 0 aromatic heterocycles. The monoisotopic (exact) mass is 247 g/mol. The molecule has 0 saturated heterocycles. The largest absolute Gasteiger partial charge is 0.423 e. The van der Waals surface area contributed by atoms with E-state index in [-0.39, 0.29) is 5.69 Å². The minimum absolute atomic E-state index is 0.271. The highest BCUT2D eigenvalue weighted by Gasteiger charge is 2.41. The van der Waals surface area contributed by atoms with Gasteiger partial charge in [-0.15, -0.1) is 0 Å². The van der Waals surface area contributed by atoms with E-state index >= 15 is 0 Å². The molecule has 0 radical (unpaired) electrons. The third kappa shape index (κ3) is 3.58. The highest BCUT2D eigenvalue weighted by Crippen LogP contribution is 2.36. The van der Waals surface area contributed by atoms with E-state index in [0.717, 1.165) is 18.2 Å². The molecule has 1 unspecified atom stereocenters. The molecule has 0 fully saturated rings. The Kier molecular flexibility index (Phi) is 3.88. The summed E-state index contributed by atoms with van der Waals surface area (Å²) >= 11 is 0. The molecule has 0 aliphatic heterocycles. The van der Waals surface area contributed by atoms with Gasteiger partial charge in [-0.3, -0.25) is 4.79 Å². The lowest BCUT2D eigenvalue weighted by molar-refractivity contribution is -0.182. The van der Waals surface area contributed by atoms with Gasteiger partial charge in [-0.2, -0.15) is 13.2 Å². The van der Waals surface area contributed by atoms with Gasteiger partial charge < -0.3 is 5.32 Å². The number of alkyl halides is 4. The van der Waals surface area contributed by atoms with E-state index in [9.17, 15) is 22.4 Å². The summed E-state index contributed by atoms with van der Waals surface area (Å²) in [4.78, 5) is 10.9. The van der Waals surface area contributed by atoms with E-state index in [2.05, 4.69) is 11.9 Å². The lowest BCUT2D eigenvalue weighted by Crippen LogP contribution is -2.16. The summed E-state index contributed by atoms with van der Waals surface area (Å²) in [6.07, 6.45) is -6.93. The number of anilines is 1. The maximum absolute atomic E-state index is 12.9. The molecule has 92 valence electrons. The lowest BCUT2D eigenvalue weighted by Gasteiger charge is -2.12. The first kappa shape index (κ1) is 13.2. The van der Waals surface area contributed by atoms with Crippen LogP contribution in [0, 0.1) is 0 Å². The molecule has 1 rings (SSSR count). The van der Waals surface area contributed by atoms with Gasteiger partial charge in [-0.05, 0) is 23.8 Å². The van der Waals surface area contributed by atoms with Crippen molar-refractivity contribution in [2.75, 3.05) is 5.32 Å². The van der Waals surface area contributed by atoms with Crippen LogP contribution in [0.3, 0.4) is 0 Å². The van der Waals surface area contributed by atoms with Crippen molar-refractivity contribution in [3.8, 4) is 0 Å². The van der Waals surface area contributed by atoms with Gasteiger partial charge in [0.2, 0.25) is 12.1 Å². The second kappa shape index (κ2) is 4.99. The Morgan fingerprint density at radius 3 is 2.24 bits per heavy atom. The summed E-state index contributed by atoms with van der Waals surface area (Å²) in [5, 5.41) is 2.34. The van der Waals surface area contributed by atoms with Crippen molar-refractivity contribution >= 4 is 11.6 Å². The van der Waals surface area contributed by atoms with Gasteiger partial charge in [0.05, 0.1) is 0 Å². The van der Waals surface area contributed by atoms with Gasteiger partial charge in [-0.1, -0.05) is 18.7 Å². The molecule has 6 heteroatoms. The summed E-state index contributed by atoms with van der Waals surface area (Å²) in [6.45, 7) is 3.21. The molecule has 0 aliphatic carbocycles.